The van der Waals surface area contributed by atoms with Gasteiger partial charge >= 0.3 is 0 Å². The summed E-state index contributed by atoms with van der Waals surface area (Å²) in [5.74, 6) is 1.50. The van der Waals surface area contributed by atoms with Crippen LogP contribution >= 0.6 is 0 Å². The van der Waals surface area contributed by atoms with Gasteiger partial charge in [0.2, 0.25) is 0 Å². The van der Waals surface area contributed by atoms with Crippen LogP contribution in [0.3, 0.4) is 0 Å². The Labute approximate surface area is 102 Å². The predicted octanol–water partition coefficient (Wildman–Crippen LogP) is 1.17. The number of carbonyl (C=O) groups is 1. The summed E-state index contributed by atoms with van der Waals surface area (Å²) in [4.78, 5) is 15.8. The smallest absolute Gasteiger partial charge is 0.140 e. The summed E-state index contributed by atoms with van der Waals surface area (Å²) >= 11 is 0. The summed E-state index contributed by atoms with van der Waals surface area (Å²) in [5.41, 5.74) is 5.39. The molecule has 0 spiro atoms. The maximum atomic E-state index is 11.7. The fraction of sp³-hybridized carbons (Fsp3) is 0.750. The number of aromatic nitrogens is 3. The van der Waals surface area contributed by atoms with Crippen molar-refractivity contribution in [3.8, 4) is 0 Å². The van der Waals surface area contributed by atoms with Crippen LogP contribution in [-0.2, 0) is 17.8 Å². The average Bonchev–Trinajstić information content (AvgIpc) is 2.65. The van der Waals surface area contributed by atoms with Crippen LogP contribution in [-0.4, -0.2) is 27.1 Å². The van der Waals surface area contributed by atoms with Gasteiger partial charge in [0.15, 0.2) is 0 Å². The minimum Gasteiger partial charge on any atom is -0.330 e. The van der Waals surface area contributed by atoms with Crippen molar-refractivity contribution in [2.75, 3.05) is 6.54 Å². The lowest BCUT2D eigenvalue weighted by Crippen LogP contribution is -2.14. The molecule has 1 aromatic rings. The molecule has 0 atom stereocenters. The Kier molecular flexibility index (Phi) is 5.83. The first kappa shape index (κ1) is 13.8. The van der Waals surface area contributed by atoms with E-state index in [9.17, 15) is 4.79 Å². The van der Waals surface area contributed by atoms with Gasteiger partial charge in [-0.3, -0.25) is 4.79 Å². The Morgan fingerprint density at radius 1 is 1.47 bits per heavy atom. The molecule has 17 heavy (non-hydrogen) atoms. The van der Waals surface area contributed by atoms with Gasteiger partial charge in [0.05, 0.1) is 6.42 Å². The number of rotatable bonds is 8. The van der Waals surface area contributed by atoms with E-state index in [2.05, 4.69) is 23.9 Å². The number of carbonyl (C=O) groups excluding carboxylic acids is 1. The summed E-state index contributed by atoms with van der Waals surface area (Å²) in [6.07, 6.45) is 4.27. The molecule has 0 aliphatic rings. The van der Waals surface area contributed by atoms with Crippen LogP contribution in [0, 0.1) is 5.92 Å². The molecule has 0 aliphatic heterocycles. The highest BCUT2D eigenvalue weighted by atomic mass is 16.1. The lowest BCUT2D eigenvalue weighted by atomic mass is 10.1. The van der Waals surface area contributed by atoms with Crippen LogP contribution in [0.4, 0.5) is 0 Å². The lowest BCUT2D eigenvalue weighted by Gasteiger charge is -2.07. The van der Waals surface area contributed by atoms with E-state index in [1.54, 1.807) is 0 Å². The second kappa shape index (κ2) is 7.17. The van der Waals surface area contributed by atoms with Crippen LogP contribution in [0.1, 0.15) is 38.9 Å². The molecule has 96 valence electrons. The summed E-state index contributed by atoms with van der Waals surface area (Å²) in [5, 5.41) is 4.14. The molecule has 5 nitrogen and oxygen atoms in total. The molecule has 0 bridgehead atoms. The van der Waals surface area contributed by atoms with E-state index >= 15 is 0 Å². The number of ketones is 1. The maximum Gasteiger partial charge on any atom is 0.140 e. The molecule has 0 saturated carbocycles. The first-order valence-electron chi connectivity index (χ1n) is 6.22. The van der Waals surface area contributed by atoms with Crippen LogP contribution in [0.2, 0.25) is 0 Å². The predicted molar refractivity (Wildman–Crippen MR) is 66.5 cm³/mol. The molecule has 0 unspecified atom stereocenters. The Bertz CT molecular complexity index is 346. The quantitative estimate of drug-likeness (QED) is 0.690. The molecular formula is C12H22N4O. The number of hydrogen-bond donors (Lipinski definition) is 1. The van der Waals surface area contributed by atoms with Gasteiger partial charge < -0.3 is 5.73 Å². The van der Waals surface area contributed by atoms with Gasteiger partial charge in [0.1, 0.15) is 17.9 Å². The highest BCUT2D eigenvalue weighted by Gasteiger charge is 2.10. The van der Waals surface area contributed by atoms with Crippen molar-refractivity contribution in [2.24, 2.45) is 11.7 Å². The van der Waals surface area contributed by atoms with Gasteiger partial charge in [0.25, 0.3) is 0 Å². The summed E-state index contributed by atoms with van der Waals surface area (Å²) in [6, 6.07) is 0. The fourth-order valence-electron chi connectivity index (χ4n) is 1.65. The van der Waals surface area contributed by atoms with Crippen molar-refractivity contribution in [3.63, 3.8) is 0 Å². The van der Waals surface area contributed by atoms with Crippen LogP contribution in [0.25, 0.3) is 0 Å². The topological polar surface area (TPSA) is 73.8 Å². The molecule has 0 saturated heterocycles. The number of hydrogen-bond acceptors (Lipinski definition) is 4. The zero-order valence-electron chi connectivity index (χ0n) is 10.7. The maximum absolute atomic E-state index is 11.7. The van der Waals surface area contributed by atoms with E-state index in [0.29, 0.717) is 25.3 Å². The SMILES string of the molecule is CC(C)Cn1ncnc1CC(=O)CCCCN. The fourth-order valence-corrected chi connectivity index (χ4v) is 1.65. The number of Topliss-reactive ketones (excluding diaryl/α,β-unsaturated/α-hetero) is 1. The van der Waals surface area contributed by atoms with E-state index in [1.807, 2.05) is 4.68 Å². The van der Waals surface area contributed by atoms with Crippen LogP contribution in [0.15, 0.2) is 6.33 Å². The third-order valence-corrected chi connectivity index (χ3v) is 2.50. The first-order chi connectivity index (χ1) is 8.13. The third kappa shape index (κ3) is 5.08. The molecule has 1 aromatic heterocycles. The average molecular weight is 238 g/mol. The number of unbranched alkanes of at least 4 members (excludes halogenated alkanes) is 1. The summed E-state index contributed by atoms with van der Waals surface area (Å²) in [7, 11) is 0. The molecular weight excluding hydrogens is 216 g/mol. The van der Waals surface area contributed by atoms with Crippen molar-refractivity contribution in [1.29, 1.82) is 0 Å². The molecule has 5 heteroatoms. The Balaban J connectivity index is 2.44. The lowest BCUT2D eigenvalue weighted by molar-refractivity contribution is -0.118. The van der Waals surface area contributed by atoms with Gasteiger partial charge in [-0.15, -0.1) is 0 Å². The van der Waals surface area contributed by atoms with Crippen molar-refractivity contribution >= 4 is 5.78 Å². The Morgan fingerprint density at radius 2 is 2.24 bits per heavy atom. The second-order valence-electron chi connectivity index (χ2n) is 4.71. The van der Waals surface area contributed by atoms with E-state index in [4.69, 9.17) is 5.73 Å². The minimum atomic E-state index is 0.219. The van der Waals surface area contributed by atoms with Crippen molar-refractivity contribution in [1.82, 2.24) is 14.8 Å². The van der Waals surface area contributed by atoms with E-state index in [0.717, 1.165) is 25.2 Å². The van der Waals surface area contributed by atoms with Gasteiger partial charge in [-0.2, -0.15) is 5.10 Å². The third-order valence-electron chi connectivity index (χ3n) is 2.50. The molecule has 1 heterocycles. The highest BCUT2D eigenvalue weighted by Crippen LogP contribution is 2.05. The first-order valence-corrected chi connectivity index (χ1v) is 6.22. The normalized spacial score (nSPS) is 11.1. The molecule has 0 fully saturated rings. The summed E-state index contributed by atoms with van der Waals surface area (Å²) < 4.78 is 1.82. The standard InChI is InChI=1S/C12H22N4O/c1-10(2)8-16-12(14-9-15-16)7-11(17)5-3-4-6-13/h9-10H,3-8,13H2,1-2H3. The number of nitrogens with zero attached hydrogens (tertiary/aromatic N) is 3. The van der Waals surface area contributed by atoms with Gasteiger partial charge in [0, 0.05) is 13.0 Å². The minimum absolute atomic E-state index is 0.219. The molecule has 0 aliphatic carbocycles. The van der Waals surface area contributed by atoms with Crippen LogP contribution in [0.5, 0.6) is 0 Å². The van der Waals surface area contributed by atoms with Crippen LogP contribution < -0.4 is 5.73 Å². The molecule has 1 rings (SSSR count). The number of nitrogens with two attached hydrogens (primary N) is 1. The van der Waals surface area contributed by atoms with Crippen molar-refractivity contribution in [2.45, 2.75) is 46.1 Å². The van der Waals surface area contributed by atoms with Crippen molar-refractivity contribution < 1.29 is 4.79 Å². The van der Waals surface area contributed by atoms with Gasteiger partial charge in [-0.05, 0) is 25.3 Å². The zero-order valence-corrected chi connectivity index (χ0v) is 10.7. The molecule has 2 N–H and O–H groups in total. The van der Waals surface area contributed by atoms with E-state index in [-0.39, 0.29) is 5.78 Å². The molecule has 0 amide bonds. The van der Waals surface area contributed by atoms with Gasteiger partial charge in [-0.25, -0.2) is 9.67 Å². The summed E-state index contributed by atoms with van der Waals surface area (Å²) in [6.45, 7) is 5.70. The van der Waals surface area contributed by atoms with E-state index < -0.39 is 0 Å². The Hall–Kier alpha value is -1.23. The zero-order chi connectivity index (χ0) is 12.7. The van der Waals surface area contributed by atoms with Gasteiger partial charge in [-0.1, -0.05) is 13.8 Å². The monoisotopic (exact) mass is 238 g/mol. The molecule has 0 aromatic carbocycles. The largest absolute Gasteiger partial charge is 0.330 e. The second-order valence-corrected chi connectivity index (χ2v) is 4.71. The molecule has 0 radical (unpaired) electrons. The Morgan fingerprint density at radius 3 is 2.88 bits per heavy atom. The van der Waals surface area contributed by atoms with Crippen molar-refractivity contribution in [3.05, 3.63) is 12.2 Å². The highest BCUT2D eigenvalue weighted by molar-refractivity contribution is 5.80. The van der Waals surface area contributed by atoms with E-state index in [1.165, 1.54) is 6.33 Å².